The van der Waals surface area contributed by atoms with Crippen molar-refractivity contribution in [1.29, 1.82) is 0 Å². The molecule has 0 saturated heterocycles. The quantitative estimate of drug-likeness (QED) is 0.658. The standard InChI is InChI=1S/C18H17F3O2/c1-3-9-22-15-7-5-12(11-14(15)19)13-6-8-16(23-10-4-2)18(21)17(13)20/h3,5-8,11H,1,4,9-10H2,2H3. The fourth-order valence-corrected chi connectivity index (χ4v) is 2.01. The highest BCUT2D eigenvalue weighted by Crippen LogP contribution is 2.32. The van der Waals surface area contributed by atoms with Gasteiger partial charge in [0, 0.05) is 5.56 Å². The van der Waals surface area contributed by atoms with Crippen molar-refractivity contribution in [3.05, 3.63) is 60.4 Å². The number of hydrogen-bond acceptors (Lipinski definition) is 2. The molecule has 5 heteroatoms. The summed E-state index contributed by atoms with van der Waals surface area (Å²) in [4.78, 5) is 0. The molecular weight excluding hydrogens is 305 g/mol. The van der Waals surface area contributed by atoms with Crippen LogP contribution in [0.2, 0.25) is 0 Å². The van der Waals surface area contributed by atoms with Crippen LogP contribution in [-0.2, 0) is 0 Å². The largest absolute Gasteiger partial charge is 0.490 e. The van der Waals surface area contributed by atoms with Crippen molar-refractivity contribution in [2.45, 2.75) is 13.3 Å². The Morgan fingerprint density at radius 2 is 1.74 bits per heavy atom. The second kappa shape index (κ2) is 7.72. The molecule has 0 aromatic heterocycles. The van der Waals surface area contributed by atoms with Crippen LogP contribution >= 0.6 is 0 Å². The zero-order valence-corrected chi connectivity index (χ0v) is 12.7. The zero-order chi connectivity index (χ0) is 16.8. The molecule has 0 unspecified atom stereocenters. The molecule has 2 aromatic rings. The maximum absolute atomic E-state index is 14.2. The first-order valence-corrected chi connectivity index (χ1v) is 7.22. The Balaban J connectivity index is 2.33. The summed E-state index contributed by atoms with van der Waals surface area (Å²) in [6.07, 6.45) is 2.16. The minimum atomic E-state index is -1.08. The molecule has 0 amide bonds. The molecular formula is C18H17F3O2. The topological polar surface area (TPSA) is 18.5 Å². The lowest BCUT2D eigenvalue weighted by atomic mass is 10.0. The molecule has 23 heavy (non-hydrogen) atoms. The van der Waals surface area contributed by atoms with Crippen LogP contribution in [0.25, 0.3) is 11.1 Å². The third-order valence-corrected chi connectivity index (χ3v) is 3.11. The van der Waals surface area contributed by atoms with Gasteiger partial charge < -0.3 is 9.47 Å². The molecule has 0 atom stereocenters. The van der Waals surface area contributed by atoms with Gasteiger partial charge >= 0.3 is 0 Å². The Kier molecular flexibility index (Phi) is 5.68. The highest BCUT2D eigenvalue weighted by atomic mass is 19.2. The molecule has 122 valence electrons. The molecule has 0 N–H and O–H groups in total. The van der Waals surface area contributed by atoms with E-state index in [2.05, 4.69) is 6.58 Å². The first-order valence-electron chi connectivity index (χ1n) is 7.22. The second-order valence-corrected chi connectivity index (χ2v) is 4.83. The van der Waals surface area contributed by atoms with Crippen LogP contribution in [0.4, 0.5) is 13.2 Å². The summed E-state index contributed by atoms with van der Waals surface area (Å²) in [5, 5.41) is 0. The Morgan fingerprint density at radius 3 is 2.39 bits per heavy atom. The highest BCUT2D eigenvalue weighted by Gasteiger charge is 2.17. The van der Waals surface area contributed by atoms with Crippen LogP contribution in [0.5, 0.6) is 11.5 Å². The molecule has 2 nitrogen and oxygen atoms in total. The van der Waals surface area contributed by atoms with Gasteiger partial charge in [-0.05, 0) is 36.2 Å². The van der Waals surface area contributed by atoms with Gasteiger partial charge in [-0.15, -0.1) is 0 Å². The molecule has 0 aliphatic carbocycles. The predicted octanol–water partition coefficient (Wildman–Crippen LogP) is 5.12. The zero-order valence-electron chi connectivity index (χ0n) is 12.7. The maximum Gasteiger partial charge on any atom is 0.201 e. The summed E-state index contributed by atoms with van der Waals surface area (Å²) in [6, 6.07) is 6.63. The molecule has 0 spiro atoms. The molecule has 0 aliphatic heterocycles. The van der Waals surface area contributed by atoms with Crippen LogP contribution in [-0.4, -0.2) is 13.2 Å². The van der Waals surface area contributed by atoms with E-state index in [9.17, 15) is 13.2 Å². The Bertz CT molecular complexity index is 699. The van der Waals surface area contributed by atoms with E-state index in [-0.39, 0.29) is 29.2 Å². The van der Waals surface area contributed by atoms with E-state index in [1.807, 2.05) is 6.92 Å². The van der Waals surface area contributed by atoms with Crippen molar-refractivity contribution in [2.75, 3.05) is 13.2 Å². The van der Waals surface area contributed by atoms with Crippen molar-refractivity contribution in [1.82, 2.24) is 0 Å². The summed E-state index contributed by atoms with van der Waals surface area (Å²) >= 11 is 0. The lowest BCUT2D eigenvalue weighted by Gasteiger charge is -2.11. The van der Waals surface area contributed by atoms with Gasteiger partial charge in [0.1, 0.15) is 6.61 Å². The minimum absolute atomic E-state index is 0.0254. The molecule has 0 radical (unpaired) electrons. The Labute approximate surface area is 133 Å². The molecule has 0 fully saturated rings. The van der Waals surface area contributed by atoms with E-state index in [4.69, 9.17) is 9.47 Å². The van der Waals surface area contributed by atoms with Gasteiger partial charge in [0.15, 0.2) is 23.1 Å². The van der Waals surface area contributed by atoms with Gasteiger partial charge in [-0.1, -0.05) is 25.6 Å². The van der Waals surface area contributed by atoms with Crippen molar-refractivity contribution in [3.8, 4) is 22.6 Å². The average Bonchev–Trinajstić information content (AvgIpc) is 2.55. The second-order valence-electron chi connectivity index (χ2n) is 4.83. The number of hydrogen-bond donors (Lipinski definition) is 0. The first-order chi connectivity index (χ1) is 11.1. The summed E-state index contributed by atoms with van der Waals surface area (Å²) in [5.41, 5.74) is 0.174. The van der Waals surface area contributed by atoms with Crippen LogP contribution in [0.1, 0.15) is 13.3 Å². The van der Waals surface area contributed by atoms with E-state index in [1.54, 1.807) is 0 Å². The Morgan fingerprint density at radius 1 is 1.00 bits per heavy atom. The van der Waals surface area contributed by atoms with Gasteiger partial charge in [-0.2, -0.15) is 4.39 Å². The van der Waals surface area contributed by atoms with Gasteiger partial charge in [-0.3, -0.25) is 0 Å². The van der Waals surface area contributed by atoms with Gasteiger partial charge in [-0.25, -0.2) is 8.78 Å². The van der Waals surface area contributed by atoms with Gasteiger partial charge in [0.05, 0.1) is 6.61 Å². The minimum Gasteiger partial charge on any atom is -0.490 e. The van der Waals surface area contributed by atoms with E-state index >= 15 is 0 Å². The normalized spacial score (nSPS) is 10.4. The van der Waals surface area contributed by atoms with Crippen LogP contribution in [0, 0.1) is 17.5 Å². The van der Waals surface area contributed by atoms with Crippen molar-refractivity contribution < 1.29 is 22.6 Å². The summed E-state index contributed by atoms with van der Waals surface area (Å²) in [6.45, 7) is 5.78. The molecule has 0 bridgehead atoms. The van der Waals surface area contributed by atoms with Crippen molar-refractivity contribution >= 4 is 0 Å². The number of rotatable bonds is 7. The van der Waals surface area contributed by atoms with E-state index in [0.29, 0.717) is 13.0 Å². The number of ether oxygens (including phenoxy) is 2. The molecule has 2 aromatic carbocycles. The summed E-state index contributed by atoms with van der Waals surface area (Å²) in [5.74, 6) is -2.94. The predicted molar refractivity (Wildman–Crippen MR) is 83.2 cm³/mol. The Hall–Kier alpha value is -2.43. The van der Waals surface area contributed by atoms with E-state index in [0.717, 1.165) is 6.07 Å². The van der Waals surface area contributed by atoms with E-state index < -0.39 is 17.5 Å². The SMILES string of the molecule is C=CCOc1ccc(-c2ccc(OCCC)c(F)c2F)cc1F. The molecule has 0 saturated carbocycles. The van der Waals surface area contributed by atoms with Crippen molar-refractivity contribution in [2.24, 2.45) is 0 Å². The summed E-state index contributed by atoms with van der Waals surface area (Å²) < 4.78 is 52.4. The number of benzene rings is 2. The third-order valence-electron chi connectivity index (χ3n) is 3.11. The van der Waals surface area contributed by atoms with Gasteiger partial charge in [0.2, 0.25) is 5.82 Å². The fraction of sp³-hybridized carbons (Fsp3) is 0.222. The monoisotopic (exact) mass is 322 g/mol. The lowest BCUT2D eigenvalue weighted by Crippen LogP contribution is -2.01. The molecule has 0 heterocycles. The molecule has 2 rings (SSSR count). The smallest absolute Gasteiger partial charge is 0.201 e. The van der Waals surface area contributed by atoms with E-state index in [1.165, 1.54) is 30.3 Å². The van der Waals surface area contributed by atoms with Crippen molar-refractivity contribution in [3.63, 3.8) is 0 Å². The van der Waals surface area contributed by atoms with Crippen LogP contribution in [0.15, 0.2) is 43.0 Å². The van der Waals surface area contributed by atoms with Gasteiger partial charge in [0.25, 0.3) is 0 Å². The third kappa shape index (κ3) is 3.86. The number of halogens is 3. The van der Waals surface area contributed by atoms with Crippen LogP contribution in [0.3, 0.4) is 0 Å². The molecule has 0 aliphatic rings. The maximum atomic E-state index is 14.2. The fourth-order valence-electron chi connectivity index (χ4n) is 2.01. The average molecular weight is 322 g/mol. The summed E-state index contributed by atoms with van der Waals surface area (Å²) in [7, 11) is 0. The lowest BCUT2D eigenvalue weighted by molar-refractivity contribution is 0.295. The first kappa shape index (κ1) is 16.9. The van der Waals surface area contributed by atoms with Crippen LogP contribution < -0.4 is 9.47 Å². The highest BCUT2D eigenvalue weighted by molar-refractivity contribution is 5.66.